The third-order valence-electron chi connectivity index (χ3n) is 4.31. The summed E-state index contributed by atoms with van der Waals surface area (Å²) in [6, 6.07) is 6.70. The molecule has 0 aliphatic heterocycles. The van der Waals surface area contributed by atoms with Crippen LogP contribution in [0.1, 0.15) is 50.2 Å². The molecule has 0 heterocycles. The summed E-state index contributed by atoms with van der Waals surface area (Å²) in [6.45, 7) is 2.22. The van der Waals surface area contributed by atoms with E-state index in [1.165, 1.54) is 43.2 Å². The molecule has 1 aliphatic rings. The third-order valence-corrected chi connectivity index (χ3v) is 5.38. The highest BCUT2D eigenvalue weighted by Crippen LogP contribution is 2.44. The van der Waals surface area contributed by atoms with Crippen molar-refractivity contribution in [2.24, 2.45) is 0 Å². The first kappa shape index (κ1) is 13.9. The van der Waals surface area contributed by atoms with E-state index in [1.807, 2.05) is 0 Å². The number of hydrogen-bond acceptors (Lipinski definition) is 1. The van der Waals surface area contributed by atoms with E-state index in [4.69, 9.17) is 4.74 Å². The van der Waals surface area contributed by atoms with Gasteiger partial charge in [0.15, 0.2) is 0 Å². The van der Waals surface area contributed by atoms with Crippen LogP contribution in [0.15, 0.2) is 18.2 Å². The summed E-state index contributed by atoms with van der Waals surface area (Å²) in [4.78, 5) is 0. The number of halogens is 1. The highest BCUT2D eigenvalue weighted by atomic mass is 79.9. The van der Waals surface area contributed by atoms with E-state index in [-0.39, 0.29) is 5.41 Å². The highest BCUT2D eigenvalue weighted by Gasteiger charge is 2.35. The van der Waals surface area contributed by atoms with Crippen molar-refractivity contribution in [3.05, 3.63) is 29.3 Å². The fourth-order valence-corrected chi connectivity index (χ4v) is 3.96. The van der Waals surface area contributed by atoms with Crippen LogP contribution in [-0.4, -0.2) is 12.4 Å². The van der Waals surface area contributed by atoms with E-state index in [9.17, 15) is 0 Å². The molecule has 0 bridgehead atoms. The molecule has 0 spiro atoms. The zero-order valence-corrected chi connectivity index (χ0v) is 13.1. The van der Waals surface area contributed by atoms with Gasteiger partial charge >= 0.3 is 0 Å². The standard InChI is InChI=1S/C16H23BrO/c1-3-13-7-8-15(18-2)14(11-13)16(12-17)9-5-4-6-10-16/h7-8,11H,3-6,9-10,12H2,1-2H3. The Morgan fingerprint density at radius 1 is 1.22 bits per heavy atom. The van der Waals surface area contributed by atoms with Gasteiger partial charge in [-0.15, -0.1) is 0 Å². The second kappa shape index (κ2) is 6.10. The number of ether oxygens (including phenoxy) is 1. The van der Waals surface area contributed by atoms with Gasteiger partial charge in [0.1, 0.15) is 5.75 Å². The van der Waals surface area contributed by atoms with Gasteiger partial charge in [-0.1, -0.05) is 54.2 Å². The predicted molar refractivity (Wildman–Crippen MR) is 80.9 cm³/mol. The normalized spacial score (nSPS) is 18.6. The minimum Gasteiger partial charge on any atom is -0.496 e. The molecular weight excluding hydrogens is 288 g/mol. The summed E-state index contributed by atoms with van der Waals surface area (Å²) in [5.41, 5.74) is 3.12. The SMILES string of the molecule is CCc1ccc(OC)c(C2(CBr)CCCCC2)c1. The van der Waals surface area contributed by atoms with Crippen molar-refractivity contribution >= 4 is 15.9 Å². The maximum atomic E-state index is 5.60. The van der Waals surface area contributed by atoms with Gasteiger partial charge in [0.05, 0.1) is 7.11 Å². The van der Waals surface area contributed by atoms with Crippen LogP contribution in [0.3, 0.4) is 0 Å². The summed E-state index contributed by atoms with van der Waals surface area (Å²) >= 11 is 3.76. The van der Waals surface area contributed by atoms with Gasteiger partial charge in [0.25, 0.3) is 0 Å². The second-order valence-corrected chi connectivity index (χ2v) is 5.92. The lowest BCUT2D eigenvalue weighted by Crippen LogP contribution is -2.31. The molecule has 100 valence electrons. The van der Waals surface area contributed by atoms with Crippen LogP contribution in [0, 0.1) is 0 Å². The van der Waals surface area contributed by atoms with Gasteiger partial charge in [-0.2, -0.15) is 0 Å². The lowest BCUT2D eigenvalue weighted by Gasteiger charge is -2.37. The van der Waals surface area contributed by atoms with Gasteiger partial charge in [0.2, 0.25) is 0 Å². The molecular formula is C16H23BrO. The fraction of sp³-hybridized carbons (Fsp3) is 0.625. The molecule has 2 rings (SSSR count). The second-order valence-electron chi connectivity index (χ2n) is 5.36. The Balaban J connectivity index is 2.44. The van der Waals surface area contributed by atoms with Crippen LogP contribution in [0.2, 0.25) is 0 Å². The Morgan fingerprint density at radius 3 is 2.50 bits per heavy atom. The van der Waals surface area contributed by atoms with Crippen molar-refractivity contribution in [2.75, 3.05) is 12.4 Å². The van der Waals surface area contributed by atoms with Crippen molar-refractivity contribution in [3.8, 4) is 5.75 Å². The Bertz CT molecular complexity index is 394. The summed E-state index contributed by atoms with van der Waals surface area (Å²) in [6.07, 6.45) is 7.71. The van der Waals surface area contributed by atoms with E-state index < -0.39 is 0 Å². The molecule has 0 aromatic heterocycles. The average molecular weight is 311 g/mol. The lowest BCUT2D eigenvalue weighted by molar-refractivity contribution is 0.311. The van der Waals surface area contributed by atoms with Crippen LogP contribution in [-0.2, 0) is 11.8 Å². The first-order valence-electron chi connectivity index (χ1n) is 6.99. The van der Waals surface area contributed by atoms with Gasteiger partial charge in [0, 0.05) is 16.3 Å². The molecule has 1 fully saturated rings. The zero-order chi connectivity index (χ0) is 13.0. The number of rotatable bonds is 4. The van der Waals surface area contributed by atoms with Gasteiger partial charge in [-0.05, 0) is 30.9 Å². The number of hydrogen-bond donors (Lipinski definition) is 0. The molecule has 0 amide bonds. The maximum Gasteiger partial charge on any atom is 0.122 e. The molecule has 0 saturated heterocycles. The van der Waals surface area contributed by atoms with E-state index in [0.717, 1.165) is 17.5 Å². The van der Waals surface area contributed by atoms with Crippen LogP contribution in [0.4, 0.5) is 0 Å². The molecule has 0 radical (unpaired) electrons. The maximum absolute atomic E-state index is 5.60. The average Bonchev–Trinajstić information content (AvgIpc) is 2.47. The van der Waals surface area contributed by atoms with E-state index in [1.54, 1.807) is 7.11 Å². The van der Waals surface area contributed by atoms with Crippen molar-refractivity contribution in [2.45, 2.75) is 50.9 Å². The molecule has 1 aromatic rings. The van der Waals surface area contributed by atoms with Crippen LogP contribution in [0.5, 0.6) is 5.75 Å². The topological polar surface area (TPSA) is 9.23 Å². The predicted octanol–water partition coefficient (Wildman–Crippen LogP) is 4.85. The van der Waals surface area contributed by atoms with E-state index >= 15 is 0 Å². The van der Waals surface area contributed by atoms with Gasteiger partial charge in [-0.25, -0.2) is 0 Å². The highest BCUT2D eigenvalue weighted by molar-refractivity contribution is 9.09. The number of aryl methyl sites for hydroxylation is 1. The quantitative estimate of drug-likeness (QED) is 0.722. The van der Waals surface area contributed by atoms with Crippen molar-refractivity contribution in [3.63, 3.8) is 0 Å². The molecule has 1 aromatic carbocycles. The summed E-state index contributed by atoms with van der Waals surface area (Å²) in [5, 5.41) is 1.05. The smallest absolute Gasteiger partial charge is 0.122 e. The molecule has 1 aliphatic carbocycles. The largest absolute Gasteiger partial charge is 0.496 e. The van der Waals surface area contributed by atoms with Crippen LogP contribution < -0.4 is 4.74 Å². The molecule has 18 heavy (non-hydrogen) atoms. The monoisotopic (exact) mass is 310 g/mol. The summed E-state index contributed by atoms with van der Waals surface area (Å²) in [5.74, 6) is 1.06. The Morgan fingerprint density at radius 2 is 1.94 bits per heavy atom. The van der Waals surface area contributed by atoms with Crippen molar-refractivity contribution in [1.82, 2.24) is 0 Å². The van der Waals surface area contributed by atoms with Crippen molar-refractivity contribution < 1.29 is 4.74 Å². The van der Waals surface area contributed by atoms with Gasteiger partial charge < -0.3 is 4.74 Å². The molecule has 0 N–H and O–H groups in total. The molecule has 0 atom stereocenters. The Labute approximate surface area is 119 Å². The van der Waals surface area contributed by atoms with Gasteiger partial charge in [-0.3, -0.25) is 0 Å². The molecule has 1 nitrogen and oxygen atoms in total. The fourth-order valence-electron chi connectivity index (χ4n) is 3.09. The van der Waals surface area contributed by atoms with E-state index in [0.29, 0.717) is 0 Å². The minimum absolute atomic E-state index is 0.286. The van der Waals surface area contributed by atoms with Crippen LogP contribution >= 0.6 is 15.9 Å². The Kier molecular flexibility index (Phi) is 4.71. The van der Waals surface area contributed by atoms with Crippen LogP contribution in [0.25, 0.3) is 0 Å². The molecule has 0 unspecified atom stereocenters. The molecule has 1 saturated carbocycles. The lowest BCUT2D eigenvalue weighted by atomic mass is 9.70. The molecule has 2 heteroatoms. The van der Waals surface area contributed by atoms with E-state index in [2.05, 4.69) is 41.1 Å². The Hall–Kier alpha value is -0.500. The first-order valence-corrected chi connectivity index (χ1v) is 8.11. The zero-order valence-electron chi connectivity index (χ0n) is 11.5. The third kappa shape index (κ3) is 2.59. The first-order chi connectivity index (χ1) is 8.75. The number of alkyl halides is 1. The summed E-state index contributed by atoms with van der Waals surface area (Å²) < 4.78 is 5.60. The van der Waals surface area contributed by atoms with Crippen molar-refractivity contribution in [1.29, 1.82) is 0 Å². The number of benzene rings is 1. The summed E-state index contributed by atoms with van der Waals surface area (Å²) in [7, 11) is 1.79. The number of methoxy groups -OCH3 is 1. The minimum atomic E-state index is 0.286.